The Morgan fingerprint density at radius 2 is 2.00 bits per heavy atom. The Labute approximate surface area is 114 Å². The highest BCUT2D eigenvalue weighted by Crippen LogP contribution is 2.35. The molecule has 0 radical (unpaired) electrons. The third-order valence-electron chi connectivity index (χ3n) is 2.86. The minimum Gasteiger partial charge on any atom is -0.383 e. The number of hydrogen-bond acceptors (Lipinski definition) is 2. The van der Waals surface area contributed by atoms with Crippen LogP contribution in [0.4, 0.5) is 5.82 Å². The molecule has 2 N–H and O–H groups in total. The maximum absolute atomic E-state index is 6.33. The average Bonchev–Trinajstić information content (AvgIpc) is 2.25. The van der Waals surface area contributed by atoms with Crippen molar-refractivity contribution in [2.75, 3.05) is 5.73 Å². The van der Waals surface area contributed by atoms with Crippen LogP contribution in [0.3, 0.4) is 0 Å². The number of benzene rings is 1. The lowest BCUT2D eigenvalue weighted by atomic mass is 10.0. The van der Waals surface area contributed by atoms with Gasteiger partial charge in [-0.15, -0.1) is 0 Å². The van der Waals surface area contributed by atoms with E-state index in [1.165, 1.54) is 0 Å². The largest absolute Gasteiger partial charge is 0.383 e. The normalized spacial score (nSPS) is 11.4. The fourth-order valence-electron chi connectivity index (χ4n) is 1.89. The summed E-state index contributed by atoms with van der Waals surface area (Å²) in [6.07, 6.45) is 0. The molecule has 0 saturated carbocycles. The molecule has 2 rings (SSSR count). The molecule has 1 heterocycles. The molecule has 2 aromatic rings. The summed E-state index contributed by atoms with van der Waals surface area (Å²) in [6.45, 7) is 6.17. The van der Waals surface area contributed by atoms with Crippen molar-refractivity contribution in [3.8, 4) is 0 Å². The zero-order valence-corrected chi connectivity index (χ0v) is 12.4. The molecule has 0 unspecified atom stereocenters. The number of nitrogens with two attached hydrogens (primary N) is 1. The summed E-state index contributed by atoms with van der Waals surface area (Å²) in [5.41, 5.74) is 8.86. The van der Waals surface area contributed by atoms with Gasteiger partial charge < -0.3 is 5.73 Å². The number of pyridine rings is 1. The van der Waals surface area contributed by atoms with E-state index in [4.69, 9.17) is 17.3 Å². The molecule has 0 aliphatic carbocycles. The summed E-state index contributed by atoms with van der Waals surface area (Å²) in [6, 6.07) is 4.01. The van der Waals surface area contributed by atoms with Gasteiger partial charge in [-0.1, -0.05) is 25.4 Å². The van der Waals surface area contributed by atoms with Crippen molar-refractivity contribution < 1.29 is 0 Å². The van der Waals surface area contributed by atoms with Crippen molar-refractivity contribution in [2.24, 2.45) is 0 Å². The molecule has 0 bridgehead atoms. The fraction of sp³-hybridized carbons (Fsp3) is 0.308. The number of rotatable bonds is 1. The standard InChI is InChI=1S/C13H14BrClN2/c1-6(2)8-5-9-11(15)7(3)4-10(14)12(9)17-13(8)16/h4-6H,1-3H3,(H2,16,17). The number of anilines is 1. The van der Waals surface area contributed by atoms with Gasteiger partial charge in [-0.25, -0.2) is 4.98 Å². The van der Waals surface area contributed by atoms with Crippen LogP contribution in [0.1, 0.15) is 30.9 Å². The number of nitrogens with zero attached hydrogens (tertiary/aromatic N) is 1. The lowest BCUT2D eigenvalue weighted by Gasteiger charge is -2.13. The molecule has 4 heteroatoms. The molecule has 0 saturated heterocycles. The summed E-state index contributed by atoms with van der Waals surface area (Å²) in [5.74, 6) is 0.912. The molecular formula is C13H14BrClN2. The van der Waals surface area contributed by atoms with Crippen molar-refractivity contribution >= 4 is 44.3 Å². The van der Waals surface area contributed by atoms with Gasteiger partial charge in [-0.05, 0) is 52.0 Å². The monoisotopic (exact) mass is 312 g/mol. The van der Waals surface area contributed by atoms with E-state index < -0.39 is 0 Å². The van der Waals surface area contributed by atoms with Gasteiger partial charge in [0.15, 0.2) is 0 Å². The van der Waals surface area contributed by atoms with E-state index in [1.807, 2.05) is 19.1 Å². The molecule has 17 heavy (non-hydrogen) atoms. The van der Waals surface area contributed by atoms with E-state index in [2.05, 4.69) is 34.8 Å². The first-order valence-electron chi connectivity index (χ1n) is 5.46. The maximum atomic E-state index is 6.33. The molecule has 2 nitrogen and oxygen atoms in total. The maximum Gasteiger partial charge on any atom is 0.127 e. The quantitative estimate of drug-likeness (QED) is 0.831. The lowest BCUT2D eigenvalue weighted by Crippen LogP contribution is -2.01. The Hall–Kier alpha value is -0.800. The highest BCUT2D eigenvalue weighted by molar-refractivity contribution is 9.10. The highest BCUT2D eigenvalue weighted by Gasteiger charge is 2.13. The smallest absolute Gasteiger partial charge is 0.127 e. The van der Waals surface area contributed by atoms with Gasteiger partial charge in [0.25, 0.3) is 0 Å². The van der Waals surface area contributed by atoms with E-state index in [1.54, 1.807) is 0 Å². The van der Waals surface area contributed by atoms with Gasteiger partial charge in [-0.2, -0.15) is 0 Å². The number of halogens is 2. The van der Waals surface area contributed by atoms with Crippen molar-refractivity contribution in [3.63, 3.8) is 0 Å². The van der Waals surface area contributed by atoms with Gasteiger partial charge in [0.2, 0.25) is 0 Å². The van der Waals surface area contributed by atoms with Gasteiger partial charge >= 0.3 is 0 Å². The van der Waals surface area contributed by atoms with Crippen molar-refractivity contribution in [1.29, 1.82) is 0 Å². The van der Waals surface area contributed by atoms with Crippen LogP contribution in [-0.4, -0.2) is 4.98 Å². The third kappa shape index (κ3) is 2.14. The van der Waals surface area contributed by atoms with E-state index in [0.29, 0.717) is 11.7 Å². The molecule has 0 aliphatic heterocycles. The lowest BCUT2D eigenvalue weighted by molar-refractivity contribution is 0.866. The molecule has 0 spiro atoms. The molecule has 1 aromatic carbocycles. The summed E-state index contributed by atoms with van der Waals surface area (Å²) >= 11 is 9.83. The molecule has 0 aliphatic rings. The molecule has 0 fully saturated rings. The summed E-state index contributed by atoms with van der Waals surface area (Å²) in [7, 11) is 0. The number of fused-ring (bicyclic) bond motifs is 1. The Morgan fingerprint density at radius 3 is 2.59 bits per heavy atom. The second-order valence-corrected chi connectivity index (χ2v) is 5.74. The van der Waals surface area contributed by atoms with Gasteiger partial charge in [0.05, 0.1) is 10.5 Å². The number of nitrogen functional groups attached to an aromatic ring is 1. The van der Waals surface area contributed by atoms with Crippen LogP contribution in [0.5, 0.6) is 0 Å². The number of aryl methyl sites for hydroxylation is 1. The topological polar surface area (TPSA) is 38.9 Å². The van der Waals surface area contributed by atoms with E-state index >= 15 is 0 Å². The highest BCUT2D eigenvalue weighted by atomic mass is 79.9. The van der Waals surface area contributed by atoms with E-state index in [-0.39, 0.29) is 0 Å². The van der Waals surface area contributed by atoms with Gasteiger partial charge in [0.1, 0.15) is 5.82 Å². The molecule has 0 amide bonds. The Balaban J connectivity index is 2.88. The third-order valence-corrected chi connectivity index (χ3v) is 3.96. The van der Waals surface area contributed by atoms with Crippen molar-refractivity contribution in [2.45, 2.75) is 26.7 Å². The second kappa shape index (κ2) is 4.46. The zero-order valence-electron chi connectivity index (χ0n) is 10.0. The zero-order chi connectivity index (χ0) is 12.7. The number of aromatic nitrogens is 1. The van der Waals surface area contributed by atoms with Crippen molar-refractivity contribution in [3.05, 3.63) is 32.8 Å². The summed E-state index contributed by atoms with van der Waals surface area (Å²) in [5, 5.41) is 1.70. The molecule has 90 valence electrons. The SMILES string of the molecule is Cc1cc(Br)c2nc(N)c(C(C)C)cc2c1Cl. The predicted molar refractivity (Wildman–Crippen MR) is 77.7 cm³/mol. The van der Waals surface area contributed by atoms with Crippen LogP contribution in [0.2, 0.25) is 5.02 Å². The van der Waals surface area contributed by atoms with Crippen LogP contribution in [0.25, 0.3) is 10.9 Å². The molecule has 0 atom stereocenters. The van der Waals surface area contributed by atoms with Crippen LogP contribution in [0.15, 0.2) is 16.6 Å². The first-order chi connectivity index (χ1) is 7.91. The van der Waals surface area contributed by atoms with Crippen LogP contribution in [0, 0.1) is 6.92 Å². The first-order valence-corrected chi connectivity index (χ1v) is 6.63. The number of hydrogen-bond donors (Lipinski definition) is 1. The Bertz CT molecular complexity index is 594. The van der Waals surface area contributed by atoms with E-state index in [9.17, 15) is 0 Å². The minimum absolute atomic E-state index is 0.335. The van der Waals surface area contributed by atoms with Gasteiger partial charge in [0, 0.05) is 9.86 Å². The Morgan fingerprint density at radius 1 is 1.35 bits per heavy atom. The second-order valence-electron chi connectivity index (χ2n) is 4.50. The van der Waals surface area contributed by atoms with E-state index in [0.717, 1.165) is 31.5 Å². The Kier molecular flexibility index (Phi) is 3.32. The fourth-order valence-corrected chi connectivity index (χ4v) is 2.73. The first kappa shape index (κ1) is 12.7. The van der Waals surface area contributed by atoms with Crippen molar-refractivity contribution in [1.82, 2.24) is 4.98 Å². The van der Waals surface area contributed by atoms with Crippen LogP contribution >= 0.6 is 27.5 Å². The molecular weight excluding hydrogens is 300 g/mol. The van der Waals surface area contributed by atoms with Gasteiger partial charge in [-0.3, -0.25) is 0 Å². The molecule has 1 aromatic heterocycles. The van der Waals surface area contributed by atoms with Crippen LogP contribution < -0.4 is 5.73 Å². The predicted octanol–water partition coefficient (Wildman–Crippen LogP) is 4.66. The summed E-state index contributed by atoms with van der Waals surface area (Å²) in [4.78, 5) is 4.44. The average molecular weight is 314 g/mol. The summed E-state index contributed by atoms with van der Waals surface area (Å²) < 4.78 is 0.927. The minimum atomic E-state index is 0.335. The van der Waals surface area contributed by atoms with Crippen LogP contribution in [-0.2, 0) is 0 Å².